The molecule has 108 valence electrons. The third-order valence-electron chi connectivity index (χ3n) is 2.42. The third kappa shape index (κ3) is 5.98. The van der Waals surface area contributed by atoms with Gasteiger partial charge in [0.15, 0.2) is 0 Å². The lowest BCUT2D eigenvalue weighted by Gasteiger charge is -2.11. The number of thioether (sulfide) groups is 1. The van der Waals surface area contributed by atoms with Gasteiger partial charge in [0.2, 0.25) is 5.91 Å². The molecule has 0 aliphatic carbocycles. The van der Waals surface area contributed by atoms with Crippen molar-refractivity contribution in [3.8, 4) is 12.1 Å². The van der Waals surface area contributed by atoms with Crippen molar-refractivity contribution >= 4 is 29.3 Å². The molecule has 1 atom stereocenters. The van der Waals surface area contributed by atoms with Crippen LogP contribution in [-0.4, -0.2) is 22.2 Å². The van der Waals surface area contributed by atoms with Crippen LogP contribution < -0.4 is 5.32 Å². The Morgan fingerprint density at radius 3 is 2.62 bits per heavy atom. The normalized spacial score (nSPS) is 11.0. The topological polar surface area (TPSA) is 114 Å². The van der Waals surface area contributed by atoms with Crippen LogP contribution >= 0.6 is 11.8 Å². The standard InChI is InChI=1S/C14H13N3O3S/c15-8-7-10(9-16)21-12-4-2-1-3-11(12)17-13(18)5-6-14(19)20/h1-4,10H,5-7H2,(H,17,18)(H,19,20). The Labute approximate surface area is 126 Å². The van der Waals surface area contributed by atoms with E-state index in [0.29, 0.717) is 10.6 Å². The number of nitriles is 2. The van der Waals surface area contributed by atoms with E-state index in [0.717, 1.165) is 0 Å². The smallest absolute Gasteiger partial charge is 0.303 e. The largest absolute Gasteiger partial charge is 0.481 e. The van der Waals surface area contributed by atoms with Gasteiger partial charge < -0.3 is 10.4 Å². The quantitative estimate of drug-likeness (QED) is 0.747. The molecule has 0 saturated carbocycles. The molecular formula is C14H13N3O3S. The number of nitrogens with one attached hydrogen (secondary N) is 1. The number of carboxylic acid groups (broad SMARTS) is 1. The highest BCUT2D eigenvalue weighted by atomic mass is 32.2. The van der Waals surface area contributed by atoms with Crippen LogP contribution in [0, 0.1) is 22.7 Å². The van der Waals surface area contributed by atoms with Crippen LogP contribution in [0.4, 0.5) is 5.69 Å². The zero-order valence-electron chi connectivity index (χ0n) is 11.1. The lowest BCUT2D eigenvalue weighted by atomic mass is 10.2. The molecule has 2 N–H and O–H groups in total. The highest BCUT2D eigenvalue weighted by Crippen LogP contribution is 2.31. The molecular weight excluding hydrogens is 290 g/mol. The maximum Gasteiger partial charge on any atom is 0.303 e. The number of hydrogen-bond acceptors (Lipinski definition) is 5. The van der Waals surface area contributed by atoms with Crippen molar-refractivity contribution in [3.63, 3.8) is 0 Å². The minimum absolute atomic E-state index is 0.0858. The number of carbonyl (C=O) groups excluding carboxylic acids is 1. The van der Waals surface area contributed by atoms with Gasteiger partial charge in [0.05, 0.1) is 30.7 Å². The molecule has 0 spiro atoms. The van der Waals surface area contributed by atoms with Gasteiger partial charge in [-0.2, -0.15) is 10.5 Å². The summed E-state index contributed by atoms with van der Waals surface area (Å²) in [4.78, 5) is 22.7. The fourth-order valence-electron chi connectivity index (χ4n) is 1.46. The van der Waals surface area contributed by atoms with E-state index in [1.165, 1.54) is 11.8 Å². The van der Waals surface area contributed by atoms with E-state index in [1.54, 1.807) is 24.3 Å². The molecule has 0 saturated heterocycles. The number of aliphatic carboxylic acids is 1. The molecule has 21 heavy (non-hydrogen) atoms. The predicted molar refractivity (Wildman–Crippen MR) is 77.4 cm³/mol. The maximum absolute atomic E-state index is 11.6. The monoisotopic (exact) mass is 303 g/mol. The van der Waals surface area contributed by atoms with Crippen molar-refractivity contribution in [1.82, 2.24) is 0 Å². The average Bonchev–Trinajstić information content (AvgIpc) is 2.46. The molecule has 1 unspecified atom stereocenters. The Kier molecular flexibility index (Phi) is 6.79. The lowest BCUT2D eigenvalue weighted by molar-refractivity contribution is -0.138. The number of carbonyl (C=O) groups is 2. The zero-order chi connectivity index (χ0) is 15.7. The van der Waals surface area contributed by atoms with Gasteiger partial charge >= 0.3 is 5.97 Å². The number of benzene rings is 1. The summed E-state index contributed by atoms with van der Waals surface area (Å²) in [6, 6.07) is 10.8. The molecule has 1 amide bonds. The maximum atomic E-state index is 11.6. The van der Waals surface area contributed by atoms with Crippen LogP contribution in [0.15, 0.2) is 29.2 Å². The van der Waals surface area contributed by atoms with E-state index in [9.17, 15) is 9.59 Å². The second-order valence-electron chi connectivity index (χ2n) is 4.04. The number of hydrogen-bond donors (Lipinski definition) is 2. The molecule has 7 heteroatoms. The molecule has 6 nitrogen and oxygen atoms in total. The van der Waals surface area contributed by atoms with Gasteiger partial charge in [-0.1, -0.05) is 12.1 Å². The summed E-state index contributed by atoms with van der Waals surface area (Å²) in [6.45, 7) is 0. The van der Waals surface area contributed by atoms with Gasteiger partial charge in [0.25, 0.3) is 0 Å². The second-order valence-corrected chi connectivity index (χ2v) is 5.28. The van der Waals surface area contributed by atoms with Crippen LogP contribution in [0.3, 0.4) is 0 Å². The van der Waals surface area contributed by atoms with E-state index in [4.69, 9.17) is 15.6 Å². The fourth-order valence-corrected chi connectivity index (χ4v) is 2.38. The van der Waals surface area contributed by atoms with Crippen molar-refractivity contribution < 1.29 is 14.7 Å². The summed E-state index contributed by atoms with van der Waals surface area (Å²) in [5.41, 5.74) is 0.510. The van der Waals surface area contributed by atoms with Crippen molar-refractivity contribution in [2.45, 2.75) is 29.4 Å². The Balaban J connectivity index is 2.75. The summed E-state index contributed by atoms with van der Waals surface area (Å²) in [7, 11) is 0. The average molecular weight is 303 g/mol. The molecule has 0 radical (unpaired) electrons. The van der Waals surface area contributed by atoms with Gasteiger partial charge in [0, 0.05) is 11.3 Å². The van der Waals surface area contributed by atoms with E-state index in [1.807, 2.05) is 12.1 Å². The third-order valence-corrected chi connectivity index (χ3v) is 3.58. The van der Waals surface area contributed by atoms with Crippen molar-refractivity contribution in [2.24, 2.45) is 0 Å². The first kappa shape index (κ1) is 16.5. The number of anilines is 1. The molecule has 1 aromatic carbocycles. The second kappa shape index (κ2) is 8.62. The van der Waals surface area contributed by atoms with Crippen LogP contribution in [-0.2, 0) is 9.59 Å². The molecule has 0 aromatic heterocycles. The fraction of sp³-hybridized carbons (Fsp3) is 0.286. The minimum atomic E-state index is -1.04. The van der Waals surface area contributed by atoms with E-state index >= 15 is 0 Å². The summed E-state index contributed by atoms with van der Waals surface area (Å²) < 4.78 is 0. The summed E-state index contributed by atoms with van der Waals surface area (Å²) in [5.74, 6) is -1.44. The minimum Gasteiger partial charge on any atom is -0.481 e. The first-order valence-electron chi connectivity index (χ1n) is 6.10. The molecule has 1 aromatic rings. The Morgan fingerprint density at radius 2 is 2.00 bits per heavy atom. The van der Waals surface area contributed by atoms with E-state index in [-0.39, 0.29) is 19.3 Å². The highest BCUT2D eigenvalue weighted by Gasteiger charge is 2.13. The van der Waals surface area contributed by atoms with Crippen molar-refractivity contribution in [1.29, 1.82) is 10.5 Å². The van der Waals surface area contributed by atoms with Crippen LogP contribution in [0.5, 0.6) is 0 Å². The number of carboxylic acids is 1. The van der Waals surface area contributed by atoms with Crippen LogP contribution in [0.1, 0.15) is 19.3 Å². The van der Waals surface area contributed by atoms with Gasteiger partial charge in [-0.3, -0.25) is 9.59 Å². The number of amides is 1. The first-order valence-corrected chi connectivity index (χ1v) is 6.98. The van der Waals surface area contributed by atoms with Crippen LogP contribution in [0.2, 0.25) is 0 Å². The first-order chi connectivity index (χ1) is 10.1. The number of para-hydroxylation sites is 1. The summed E-state index contributed by atoms with van der Waals surface area (Å²) in [6.07, 6.45) is -0.271. The molecule has 0 aliphatic heterocycles. The summed E-state index contributed by atoms with van der Waals surface area (Å²) >= 11 is 1.19. The van der Waals surface area contributed by atoms with E-state index in [2.05, 4.69) is 5.32 Å². The van der Waals surface area contributed by atoms with Gasteiger partial charge in [-0.05, 0) is 12.1 Å². The van der Waals surface area contributed by atoms with Gasteiger partial charge in [-0.15, -0.1) is 11.8 Å². The number of nitrogens with zero attached hydrogens (tertiary/aromatic N) is 2. The highest BCUT2D eigenvalue weighted by molar-refractivity contribution is 8.00. The molecule has 0 aliphatic rings. The van der Waals surface area contributed by atoms with Crippen molar-refractivity contribution in [3.05, 3.63) is 24.3 Å². The molecule has 0 bridgehead atoms. The molecule has 0 fully saturated rings. The van der Waals surface area contributed by atoms with E-state index < -0.39 is 17.1 Å². The Morgan fingerprint density at radius 1 is 1.29 bits per heavy atom. The van der Waals surface area contributed by atoms with Crippen molar-refractivity contribution in [2.75, 3.05) is 5.32 Å². The SMILES string of the molecule is N#CCC(C#N)Sc1ccccc1NC(=O)CCC(=O)O. The molecule has 1 rings (SSSR count). The lowest BCUT2D eigenvalue weighted by Crippen LogP contribution is -2.14. The van der Waals surface area contributed by atoms with Gasteiger partial charge in [0.1, 0.15) is 5.25 Å². The Bertz CT molecular complexity index is 604. The zero-order valence-corrected chi connectivity index (χ0v) is 11.9. The number of rotatable bonds is 7. The van der Waals surface area contributed by atoms with Crippen LogP contribution in [0.25, 0.3) is 0 Å². The Hall–Kier alpha value is -2.51. The summed E-state index contributed by atoms with van der Waals surface area (Å²) in [5, 5.41) is 28.2. The van der Waals surface area contributed by atoms with Gasteiger partial charge in [-0.25, -0.2) is 0 Å². The molecule has 0 heterocycles. The predicted octanol–water partition coefficient (Wildman–Crippen LogP) is 2.39.